The maximum Gasteiger partial charge on any atom is 0.193 e. The van der Waals surface area contributed by atoms with Crippen molar-refractivity contribution in [2.24, 2.45) is 0 Å². The van der Waals surface area contributed by atoms with Crippen LogP contribution in [0.1, 0.15) is 54.1 Å². The van der Waals surface area contributed by atoms with Gasteiger partial charge in [0.1, 0.15) is 0 Å². The molecule has 2 nitrogen and oxygen atoms in total. The summed E-state index contributed by atoms with van der Waals surface area (Å²) in [6, 6.07) is 18.5. The van der Waals surface area contributed by atoms with Gasteiger partial charge in [0.25, 0.3) is 0 Å². The Morgan fingerprint density at radius 2 is 0.962 bits per heavy atom. The number of hydrogen-bond acceptors (Lipinski definition) is 2. The minimum absolute atomic E-state index is 0.0539. The molecule has 130 valence electrons. The van der Waals surface area contributed by atoms with Crippen molar-refractivity contribution in [2.45, 2.75) is 27.7 Å². The van der Waals surface area contributed by atoms with E-state index in [1.165, 1.54) is 0 Å². The SMILES string of the molecule is Cc1cccc(C(=O)c2cccc(C(=O)c3cccc(C)c3C)c2)c1C. The molecule has 3 aromatic rings. The number of ketones is 2. The van der Waals surface area contributed by atoms with Crippen LogP contribution in [0.4, 0.5) is 0 Å². The fourth-order valence-corrected chi connectivity index (χ4v) is 3.11. The van der Waals surface area contributed by atoms with Crippen molar-refractivity contribution in [1.29, 1.82) is 0 Å². The van der Waals surface area contributed by atoms with E-state index >= 15 is 0 Å². The van der Waals surface area contributed by atoms with Crippen LogP contribution in [0.2, 0.25) is 0 Å². The molecule has 26 heavy (non-hydrogen) atoms. The molecule has 0 aliphatic carbocycles. The van der Waals surface area contributed by atoms with Gasteiger partial charge in [0.15, 0.2) is 11.6 Å². The van der Waals surface area contributed by atoms with Crippen molar-refractivity contribution in [3.05, 3.63) is 105 Å². The number of rotatable bonds is 4. The van der Waals surface area contributed by atoms with Gasteiger partial charge in [-0.15, -0.1) is 0 Å². The van der Waals surface area contributed by atoms with Gasteiger partial charge in [-0.3, -0.25) is 9.59 Å². The normalized spacial score (nSPS) is 10.6. The standard InChI is InChI=1S/C24H22O2/c1-15-8-5-12-21(17(15)3)23(25)19-10-7-11-20(14-19)24(26)22-13-6-9-16(2)18(22)4/h5-14H,1-4H3. The van der Waals surface area contributed by atoms with Crippen molar-refractivity contribution < 1.29 is 9.59 Å². The van der Waals surface area contributed by atoms with Gasteiger partial charge in [-0.2, -0.15) is 0 Å². The number of hydrogen-bond donors (Lipinski definition) is 0. The Morgan fingerprint density at radius 3 is 1.38 bits per heavy atom. The Labute approximate surface area is 154 Å². The highest BCUT2D eigenvalue weighted by Crippen LogP contribution is 2.21. The monoisotopic (exact) mass is 342 g/mol. The van der Waals surface area contributed by atoms with Gasteiger partial charge in [0, 0.05) is 22.3 Å². The Morgan fingerprint density at radius 1 is 0.577 bits per heavy atom. The Balaban J connectivity index is 2.01. The van der Waals surface area contributed by atoms with E-state index in [4.69, 9.17) is 0 Å². The molecule has 0 aliphatic rings. The van der Waals surface area contributed by atoms with Crippen LogP contribution in [0.25, 0.3) is 0 Å². The molecular formula is C24H22O2. The first-order valence-electron chi connectivity index (χ1n) is 8.72. The Hall–Kier alpha value is -3.00. The lowest BCUT2D eigenvalue weighted by Crippen LogP contribution is -2.08. The molecule has 0 aromatic heterocycles. The van der Waals surface area contributed by atoms with Crippen LogP contribution in [0.15, 0.2) is 60.7 Å². The van der Waals surface area contributed by atoms with Crippen LogP contribution in [0.3, 0.4) is 0 Å². The molecule has 0 saturated carbocycles. The molecule has 2 heteroatoms. The van der Waals surface area contributed by atoms with E-state index in [1.807, 2.05) is 64.1 Å². The van der Waals surface area contributed by atoms with Gasteiger partial charge in [0.2, 0.25) is 0 Å². The highest BCUT2D eigenvalue weighted by molar-refractivity contribution is 6.14. The summed E-state index contributed by atoms with van der Waals surface area (Å²) in [6.07, 6.45) is 0. The average molecular weight is 342 g/mol. The van der Waals surface area contributed by atoms with Gasteiger partial charge in [-0.1, -0.05) is 54.6 Å². The molecule has 3 aromatic carbocycles. The second kappa shape index (κ2) is 7.09. The van der Waals surface area contributed by atoms with E-state index in [0.29, 0.717) is 22.3 Å². The van der Waals surface area contributed by atoms with Crippen molar-refractivity contribution in [2.75, 3.05) is 0 Å². The topological polar surface area (TPSA) is 34.1 Å². The minimum atomic E-state index is -0.0539. The molecule has 0 heterocycles. The first-order valence-corrected chi connectivity index (χ1v) is 8.72. The third-order valence-corrected chi connectivity index (χ3v) is 5.09. The summed E-state index contributed by atoms with van der Waals surface area (Å²) in [5.74, 6) is -0.108. The summed E-state index contributed by atoms with van der Waals surface area (Å²) in [6.45, 7) is 7.89. The Bertz CT molecular complexity index is 934. The maximum atomic E-state index is 12.9. The van der Waals surface area contributed by atoms with E-state index in [2.05, 4.69) is 0 Å². The minimum Gasteiger partial charge on any atom is -0.289 e. The lowest BCUT2D eigenvalue weighted by Gasteiger charge is -2.10. The van der Waals surface area contributed by atoms with Gasteiger partial charge in [0.05, 0.1) is 0 Å². The summed E-state index contributed by atoms with van der Waals surface area (Å²) in [5, 5.41) is 0. The summed E-state index contributed by atoms with van der Waals surface area (Å²) >= 11 is 0. The molecule has 0 spiro atoms. The van der Waals surface area contributed by atoms with Crippen LogP contribution in [-0.4, -0.2) is 11.6 Å². The van der Waals surface area contributed by atoms with Crippen LogP contribution < -0.4 is 0 Å². The van der Waals surface area contributed by atoms with E-state index in [-0.39, 0.29) is 11.6 Å². The van der Waals surface area contributed by atoms with Crippen molar-refractivity contribution in [1.82, 2.24) is 0 Å². The largest absolute Gasteiger partial charge is 0.289 e. The second-order valence-electron chi connectivity index (χ2n) is 6.73. The number of carbonyl (C=O) groups excluding carboxylic acids is 2. The molecule has 0 N–H and O–H groups in total. The molecule has 3 rings (SSSR count). The summed E-state index contributed by atoms with van der Waals surface area (Å²) in [5.41, 5.74) is 6.55. The third-order valence-electron chi connectivity index (χ3n) is 5.09. The third kappa shape index (κ3) is 3.23. The molecule has 0 radical (unpaired) electrons. The lowest BCUT2D eigenvalue weighted by molar-refractivity contribution is 0.103. The summed E-state index contributed by atoms with van der Waals surface area (Å²) in [4.78, 5) is 25.9. The fraction of sp³-hybridized carbons (Fsp3) is 0.167. The number of aryl methyl sites for hydroxylation is 2. The maximum absolute atomic E-state index is 12.9. The van der Waals surface area contributed by atoms with Gasteiger partial charge in [-0.25, -0.2) is 0 Å². The Kier molecular flexibility index (Phi) is 4.85. The fourth-order valence-electron chi connectivity index (χ4n) is 3.11. The van der Waals surface area contributed by atoms with Crippen LogP contribution in [0, 0.1) is 27.7 Å². The van der Waals surface area contributed by atoms with Gasteiger partial charge in [-0.05, 0) is 56.0 Å². The van der Waals surface area contributed by atoms with Crippen LogP contribution in [-0.2, 0) is 0 Å². The van der Waals surface area contributed by atoms with E-state index in [9.17, 15) is 9.59 Å². The van der Waals surface area contributed by atoms with E-state index < -0.39 is 0 Å². The molecule has 0 aliphatic heterocycles. The highest BCUT2D eigenvalue weighted by atomic mass is 16.1. The first-order chi connectivity index (χ1) is 12.4. The quantitative estimate of drug-likeness (QED) is 0.596. The predicted molar refractivity (Wildman–Crippen MR) is 105 cm³/mol. The van der Waals surface area contributed by atoms with Gasteiger partial charge < -0.3 is 0 Å². The molecule has 0 atom stereocenters. The van der Waals surface area contributed by atoms with Crippen molar-refractivity contribution in [3.8, 4) is 0 Å². The van der Waals surface area contributed by atoms with Gasteiger partial charge >= 0.3 is 0 Å². The number of benzene rings is 3. The second-order valence-corrected chi connectivity index (χ2v) is 6.73. The van der Waals surface area contributed by atoms with Crippen molar-refractivity contribution >= 4 is 11.6 Å². The zero-order valence-corrected chi connectivity index (χ0v) is 15.6. The van der Waals surface area contributed by atoms with Crippen LogP contribution in [0.5, 0.6) is 0 Å². The van der Waals surface area contributed by atoms with E-state index in [0.717, 1.165) is 22.3 Å². The molecular weight excluding hydrogens is 320 g/mol. The smallest absolute Gasteiger partial charge is 0.193 e. The molecule has 0 fully saturated rings. The first kappa shape index (κ1) is 17.8. The average Bonchev–Trinajstić information content (AvgIpc) is 2.65. The van der Waals surface area contributed by atoms with Crippen LogP contribution >= 0.6 is 0 Å². The number of carbonyl (C=O) groups is 2. The highest BCUT2D eigenvalue weighted by Gasteiger charge is 2.17. The molecule has 0 bridgehead atoms. The molecule has 0 unspecified atom stereocenters. The lowest BCUT2D eigenvalue weighted by atomic mass is 9.92. The summed E-state index contributed by atoms with van der Waals surface area (Å²) < 4.78 is 0. The summed E-state index contributed by atoms with van der Waals surface area (Å²) in [7, 11) is 0. The zero-order chi connectivity index (χ0) is 18.8. The van der Waals surface area contributed by atoms with E-state index in [1.54, 1.807) is 24.3 Å². The zero-order valence-electron chi connectivity index (χ0n) is 15.6. The molecule has 0 amide bonds. The van der Waals surface area contributed by atoms with Crippen molar-refractivity contribution in [3.63, 3.8) is 0 Å². The molecule has 0 saturated heterocycles. The predicted octanol–water partition coefficient (Wildman–Crippen LogP) is 5.38.